The Hall–Kier alpha value is -2.60. The van der Waals surface area contributed by atoms with Gasteiger partial charge in [-0.2, -0.15) is 5.10 Å². The average Bonchev–Trinajstić information content (AvgIpc) is 2.59. The van der Waals surface area contributed by atoms with Crippen LogP contribution in [0.2, 0.25) is 5.15 Å². The summed E-state index contributed by atoms with van der Waals surface area (Å²) in [7, 11) is 1.65. The highest BCUT2D eigenvalue weighted by atomic mass is 35.5. The van der Waals surface area contributed by atoms with E-state index in [1.54, 1.807) is 7.05 Å². The quantitative estimate of drug-likeness (QED) is 0.676. The van der Waals surface area contributed by atoms with Gasteiger partial charge in [0.15, 0.2) is 0 Å². The van der Waals surface area contributed by atoms with Gasteiger partial charge in [0.25, 0.3) is 5.56 Å². The Labute approximate surface area is 151 Å². The van der Waals surface area contributed by atoms with E-state index in [4.69, 9.17) is 16.3 Å². The van der Waals surface area contributed by atoms with Gasteiger partial charge in [0.1, 0.15) is 24.1 Å². The first-order valence-corrected chi connectivity index (χ1v) is 8.18. The van der Waals surface area contributed by atoms with Crippen molar-refractivity contribution in [1.82, 2.24) is 14.7 Å². The molecule has 0 aliphatic rings. The fourth-order valence-electron chi connectivity index (χ4n) is 2.17. The number of halogens is 1. The number of nitrogens with zero attached hydrogens (tertiary/aromatic N) is 3. The van der Waals surface area contributed by atoms with E-state index in [0.29, 0.717) is 19.6 Å². The molecule has 0 aliphatic carbocycles. The number of rotatable bonds is 8. The van der Waals surface area contributed by atoms with E-state index in [9.17, 15) is 9.59 Å². The molecule has 6 nitrogen and oxygen atoms in total. The highest BCUT2D eigenvalue weighted by Crippen LogP contribution is 2.18. The van der Waals surface area contributed by atoms with Crippen molar-refractivity contribution in [3.63, 3.8) is 0 Å². The number of allylic oxidation sites excluding steroid dienone is 1. The van der Waals surface area contributed by atoms with Crippen LogP contribution >= 0.6 is 11.6 Å². The van der Waals surface area contributed by atoms with Crippen LogP contribution in [0.4, 0.5) is 0 Å². The first kappa shape index (κ1) is 18.7. The Morgan fingerprint density at radius 1 is 1.36 bits per heavy atom. The van der Waals surface area contributed by atoms with Gasteiger partial charge in [-0.05, 0) is 24.1 Å². The van der Waals surface area contributed by atoms with Crippen molar-refractivity contribution < 1.29 is 9.53 Å². The molecule has 1 aromatic carbocycles. The van der Waals surface area contributed by atoms with E-state index >= 15 is 0 Å². The number of hydrogen-bond acceptors (Lipinski definition) is 4. The molecule has 0 atom stereocenters. The number of para-hydroxylation sites is 1. The fourth-order valence-corrected chi connectivity index (χ4v) is 2.33. The summed E-state index contributed by atoms with van der Waals surface area (Å²) in [6.07, 6.45) is 2.53. The maximum absolute atomic E-state index is 12.2. The monoisotopic (exact) mass is 361 g/mol. The molecule has 0 saturated heterocycles. The largest absolute Gasteiger partial charge is 0.491 e. The number of hydrogen-bond donors (Lipinski definition) is 0. The van der Waals surface area contributed by atoms with Crippen molar-refractivity contribution in [2.45, 2.75) is 13.0 Å². The zero-order valence-electron chi connectivity index (χ0n) is 14.0. The van der Waals surface area contributed by atoms with E-state index < -0.39 is 0 Å². The van der Waals surface area contributed by atoms with Gasteiger partial charge in [-0.1, -0.05) is 35.9 Å². The number of amides is 1. The van der Waals surface area contributed by atoms with Gasteiger partial charge in [-0.3, -0.25) is 9.59 Å². The predicted octanol–water partition coefficient (Wildman–Crippen LogP) is 2.16. The molecule has 2 rings (SSSR count). The molecule has 1 amide bonds. The van der Waals surface area contributed by atoms with E-state index in [1.165, 1.54) is 17.0 Å². The minimum atomic E-state index is -0.374. The molecule has 132 valence electrons. The lowest BCUT2D eigenvalue weighted by Crippen LogP contribution is -2.36. The first-order chi connectivity index (χ1) is 12.0. The van der Waals surface area contributed by atoms with Gasteiger partial charge in [-0.25, -0.2) is 4.68 Å². The van der Waals surface area contributed by atoms with E-state index in [-0.39, 0.29) is 23.2 Å². The van der Waals surface area contributed by atoms with E-state index in [0.717, 1.165) is 16.0 Å². The summed E-state index contributed by atoms with van der Waals surface area (Å²) in [5.41, 5.74) is 0.668. The van der Waals surface area contributed by atoms with Crippen molar-refractivity contribution in [3.05, 3.63) is 70.1 Å². The van der Waals surface area contributed by atoms with Crippen molar-refractivity contribution >= 4 is 17.5 Å². The highest BCUT2D eigenvalue weighted by Gasteiger charge is 2.12. The van der Waals surface area contributed by atoms with Gasteiger partial charge >= 0.3 is 0 Å². The number of aromatic nitrogens is 2. The third-order valence-corrected chi connectivity index (χ3v) is 3.77. The maximum Gasteiger partial charge on any atom is 0.267 e. The van der Waals surface area contributed by atoms with Crippen LogP contribution < -0.4 is 10.3 Å². The topological polar surface area (TPSA) is 64.4 Å². The average molecular weight is 362 g/mol. The second-order valence-electron chi connectivity index (χ2n) is 5.42. The zero-order valence-corrected chi connectivity index (χ0v) is 14.8. The van der Waals surface area contributed by atoms with Gasteiger partial charge < -0.3 is 9.64 Å². The summed E-state index contributed by atoms with van der Waals surface area (Å²) in [6.45, 7) is 4.29. The number of carbonyl (C=O) groups is 1. The molecule has 1 heterocycles. The molecule has 0 spiro atoms. The predicted molar refractivity (Wildman–Crippen MR) is 97.0 cm³/mol. The summed E-state index contributed by atoms with van der Waals surface area (Å²) in [4.78, 5) is 25.4. The van der Waals surface area contributed by atoms with Crippen molar-refractivity contribution in [2.24, 2.45) is 0 Å². The second-order valence-corrected chi connectivity index (χ2v) is 5.80. The van der Waals surface area contributed by atoms with Crippen LogP contribution in [0, 0.1) is 0 Å². The Morgan fingerprint density at radius 3 is 2.88 bits per heavy atom. The molecule has 0 fully saturated rings. The molecule has 0 N–H and O–H groups in total. The van der Waals surface area contributed by atoms with Gasteiger partial charge in [0.05, 0.1) is 6.54 Å². The van der Waals surface area contributed by atoms with Crippen molar-refractivity contribution in [1.29, 1.82) is 0 Å². The summed E-state index contributed by atoms with van der Waals surface area (Å²) < 4.78 is 6.80. The third-order valence-electron chi connectivity index (χ3n) is 3.57. The van der Waals surface area contributed by atoms with Crippen LogP contribution in [0.1, 0.15) is 5.56 Å². The number of carbonyl (C=O) groups excluding carboxylic acids is 1. The Bertz CT molecular complexity index is 804. The van der Waals surface area contributed by atoms with Crippen LogP contribution in [0.5, 0.6) is 5.75 Å². The van der Waals surface area contributed by atoms with Crippen LogP contribution in [-0.2, 0) is 17.8 Å². The van der Waals surface area contributed by atoms with Gasteiger partial charge in [-0.15, -0.1) is 6.58 Å². The molecule has 0 radical (unpaired) electrons. The summed E-state index contributed by atoms with van der Waals surface area (Å²) in [5.74, 6) is 0.524. The fraction of sp³-hybridized carbons (Fsp3) is 0.278. The molecular weight excluding hydrogens is 342 g/mol. The molecule has 25 heavy (non-hydrogen) atoms. The molecule has 1 aromatic heterocycles. The zero-order chi connectivity index (χ0) is 18.2. The lowest BCUT2D eigenvalue weighted by atomic mass is 10.1. The van der Waals surface area contributed by atoms with E-state index in [2.05, 4.69) is 11.7 Å². The molecule has 0 aliphatic heterocycles. The van der Waals surface area contributed by atoms with Crippen LogP contribution in [0.25, 0.3) is 0 Å². The van der Waals surface area contributed by atoms with Crippen LogP contribution in [0.3, 0.4) is 0 Å². The summed E-state index contributed by atoms with van der Waals surface area (Å²) in [5, 5.41) is 4.00. The number of likely N-dealkylation sites (N-methyl/N-ethyl adjacent to an activating group) is 1. The van der Waals surface area contributed by atoms with Crippen molar-refractivity contribution in [3.8, 4) is 5.75 Å². The molecule has 2 aromatic rings. The maximum atomic E-state index is 12.2. The molecule has 0 unspecified atom stereocenters. The Balaban J connectivity index is 1.88. The number of benzene rings is 1. The van der Waals surface area contributed by atoms with Gasteiger partial charge in [0.2, 0.25) is 5.91 Å². The van der Waals surface area contributed by atoms with Crippen molar-refractivity contribution in [2.75, 3.05) is 20.2 Å². The highest BCUT2D eigenvalue weighted by molar-refractivity contribution is 6.29. The minimum absolute atomic E-state index is 0.164. The Morgan fingerprint density at radius 2 is 2.12 bits per heavy atom. The molecular formula is C18H20ClN3O3. The molecule has 0 saturated carbocycles. The molecule has 7 heteroatoms. The van der Waals surface area contributed by atoms with Gasteiger partial charge in [0, 0.05) is 13.1 Å². The Kier molecular flexibility index (Phi) is 6.77. The number of ether oxygens (including phenoxy) is 1. The standard InChI is InChI=1S/C18H20ClN3O3/c1-3-6-14-7-4-5-8-15(14)25-12-11-21(2)18(24)13-22-17(23)10-9-16(19)20-22/h3-5,7-10H,1,6,11-13H2,2H3. The second kappa shape index (κ2) is 9.03. The lowest BCUT2D eigenvalue weighted by molar-refractivity contribution is -0.131. The molecule has 0 bridgehead atoms. The minimum Gasteiger partial charge on any atom is -0.491 e. The summed E-state index contributed by atoms with van der Waals surface area (Å²) >= 11 is 5.75. The smallest absolute Gasteiger partial charge is 0.267 e. The normalized spacial score (nSPS) is 10.3. The van der Waals surface area contributed by atoms with Crippen LogP contribution in [-0.4, -0.2) is 40.8 Å². The lowest BCUT2D eigenvalue weighted by Gasteiger charge is -2.18. The SMILES string of the molecule is C=CCc1ccccc1OCCN(C)C(=O)Cn1nc(Cl)ccc1=O. The first-order valence-electron chi connectivity index (χ1n) is 7.80. The summed E-state index contributed by atoms with van der Waals surface area (Å²) in [6, 6.07) is 10.4. The third kappa shape index (κ3) is 5.46. The van der Waals surface area contributed by atoms with Crippen LogP contribution in [0.15, 0.2) is 53.8 Å². The van der Waals surface area contributed by atoms with E-state index in [1.807, 2.05) is 30.3 Å².